The highest BCUT2D eigenvalue weighted by Crippen LogP contribution is 2.27. The summed E-state index contributed by atoms with van der Waals surface area (Å²) < 4.78 is 32.1. The van der Waals surface area contributed by atoms with Gasteiger partial charge in [-0.1, -0.05) is 12.1 Å². The summed E-state index contributed by atoms with van der Waals surface area (Å²) in [6, 6.07) is 10.5. The highest BCUT2D eigenvalue weighted by atomic mass is 19.1. The number of nitrogens with one attached hydrogen (secondary N) is 1. The van der Waals surface area contributed by atoms with Crippen molar-refractivity contribution in [2.45, 2.75) is 31.8 Å². The molecule has 1 fully saturated rings. The summed E-state index contributed by atoms with van der Waals surface area (Å²) in [4.78, 5) is 12.3. The minimum Gasteiger partial charge on any atom is -0.490 e. The molecule has 1 N–H and O–H groups in total. The Morgan fingerprint density at radius 2 is 1.83 bits per heavy atom. The summed E-state index contributed by atoms with van der Waals surface area (Å²) in [7, 11) is 0. The molecule has 0 bridgehead atoms. The summed E-state index contributed by atoms with van der Waals surface area (Å²) >= 11 is 0. The van der Waals surface area contributed by atoms with Crippen LogP contribution in [0.2, 0.25) is 0 Å². The third-order valence-electron chi connectivity index (χ3n) is 4.10. The van der Waals surface area contributed by atoms with E-state index >= 15 is 0 Å². The van der Waals surface area contributed by atoms with Crippen LogP contribution >= 0.6 is 0 Å². The van der Waals surface area contributed by atoms with E-state index in [1.165, 1.54) is 12.1 Å². The number of hydrogen-bond donors (Lipinski definition) is 1. The highest BCUT2D eigenvalue weighted by Gasteiger charge is 2.21. The van der Waals surface area contributed by atoms with Crippen molar-refractivity contribution in [3.8, 4) is 5.75 Å². The fourth-order valence-electron chi connectivity index (χ4n) is 2.60. The van der Waals surface area contributed by atoms with Gasteiger partial charge in [0.05, 0.1) is 11.7 Å². The van der Waals surface area contributed by atoms with Crippen LogP contribution in [0.25, 0.3) is 0 Å². The van der Waals surface area contributed by atoms with Gasteiger partial charge in [0, 0.05) is 12.6 Å². The van der Waals surface area contributed by atoms with Crippen molar-refractivity contribution < 1.29 is 18.3 Å². The summed E-state index contributed by atoms with van der Waals surface area (Å²) in [5.41, 5.74) is 0.988. The van der Waals surface area contributed by atoms with E-state index < -0.39 is 11.6 Å². The first kappa shape index (κ1) is 16.4. The zero-order chi connectivity index (χ0) is 16.9. The summed E-state index contributed by atoms with van der Waals surface area (Å²) in [6.45, 7) is 0.291. The van der Waals surface area contributed by atoms with Gasteiger partial charge >= 0.3 is 0 Å². The smallest absolute Gasteiger partial charge is 0.255 e. The van der Waals surface area contributed by atoms with Crippen LogP contribution in [0, 0.1) is 11.6 Å². The van der Waals surface area contributed by atoms with E-state index in [1.54, 1.807) is 18.2 Å². The first-order valence-electron chi connectivity index (χ1n) is 8.10. The molecule has 5 heteroatoms. The molecule has 2 aromatic rings. The lowest BCUT2D eigenvalue weighted by molar-refractivity contribution is 0.0928. The fourth-order valence-corrected chi connectivity index (χ4v) is 2.60. The van der Waals surface area contributed by atoms with Crippen molar-refractivity contribution in [1.82, 2.24) is 5.32 Å². The third-order valence-corrected chi connectivity index (χ3v) is 4.10. The lowest BCUT2D eigenvalue weighted by Crippen LogP contribution is -2.29. The molecule has 24 heavy (non-hydrogen) atoms. The summed E-state index contributed by atoms with van der Waals surface area (Å²) in [5, 5.41) is 2.77. The zero-order valence-corrected chi connectivity index (χ0v) is 13.2. The van der Waals surface area contributed by atoms with Crippen LogP contribution in [0.5, 0.6) is 5.75 Å². The molecular weight excluding hydrogens is 312 g/mol. The Kier molecular flexibility index (Phi) is 5.08. The van der Waals surface area contributed by atoms with E-state index in [4.69, 9.17) is 4.74 Å². The Balaban J connectivity index is 1.58. The number of halogens is 2. The van der Waals surface area contributed by atoms with Crippen LogP contribution in [0.3, 0.4) is 0 Å². The molecule has 0 saturated heterocycles. The van der Waals surface area contributed by atoms with Gasteiger partial charge in [0.15, 0.2) is 0 Å². The molecule has 3 nitrogen and oxygen atoms in total. The van der Waals surface area contributed by atoms with Gasteiger partial charge in [0.25, 0.3) is 5.91 Å². The number of benzene rings is 2. The molecule has 0 aromatic heterocycles. The minimum atomic E-state index is -0.615. The Labute approximate surface area is 139 Å². The maximum Gasteiger partial charge on any atom is 0.255 e. The van der Waals surface area contributed by atoms with Crippen LogP contribution in [-0.4, -0.2) is 18.6 Å². The monoisotopic (exact) mass is 331 g/mol. The maximum atomic E-state index is 13.1. The van der Waals surface area contributed by atoms with Crippen LogP contribution in [0.1, 0.15) is 35.2 Å². The topological polar surface area (TPSA) is 38.3 Å². The molecule has 1 aliphatic carbocycles. The van der Waals surface area contributed by atoms with E-state index in [2.05, 4.69) is 5.32 Å². The molecule has 0 aliphatic heterocycles. The average molecular weight is 331 g/mol. The average Bonchev–Trinajstić information content (AvgIpc) is 2.50. The first-order chi connectivity index (χ1) is 11.6. The van der Waals surface area contributed by atoms with Gasteiger partial charge in [0.2, 0.25) is 0 Å². The van der Waals surface area contributed by atoms with Gasteiger partial charge in [-0.05, 0) is 55.5 Å². The van der Waals surface area contributed by atoms with Gasteiger partial charge in [-0.3, -0.25) is 4.79 Å². The van der Waals surface area contributed by atoms with Gasteiger partial charge in [-0.2, -0.15) is 0 Å². The molecule has 126 valence electrons. The Hall–Kier alpha value is -2.43. The third kappa shape index (κ3) is 4.10. The predicted molar refractivity (Wildman–Crippen MR) is 87.1 cm³/mol. The van der Waals surface area contributed by atoms with Crippen molar-refractivity contribution >= 4 is 5.91 Å². The lowest BCUT2D eigenvalue weighted by atomic mass is 9.96. The van der Waals surface area contributed by atoms with E-state index in [0.717, 1.165) is 25.3 Å². The Morgan fingerprint density at radius 1 is 1.12 bits per heavy atom. The van der Waals surface area contributed by atoms with Gasteiger partial charge < -0.3 is 10.1 Å². The molecule has 0 unspecified atom stereocenters. The Morgan fingerprint density at radius 3 is 2.50 bits per heavy atom. The molecule has 0 radical (unpaired) electrons. The van der Waals surface area contributed by atoms with Crippen molar-refractivity contribution in [3.63, 3.8) is 0 Å². The first-order valence-corrected chi connectivity index (χ1v) is 8.10. The van der Waals surface area contributed by atoms with Crippen LogP contribution in [-0.2, 0) is 6.42 Å². The number of carbonyl (C=O) groups excluding carboxylic acids is 1. The van der Waals surface area contributed by atoms with E-state index in [0.29, 0.717) is 29.8 Å². The second-order valence-corrected chi connectivity index (χ2v) is 5.95. The molecular formula is C19H19F2NO2. The maximum absolute atomic E-state index is 13.1. The molecule has 0 atom stereocenters. The fraction of sp³-hybridized carbons (Fsp3) is 0.316. The molecule has 2 aromatic carbocycles. The van der Waals surface area contributed by atoms with Crippen molar-refractivity contribution in [2.75, 3.05) is 6.54 Å². The molecule has 3 rings (SSSR count). The molecule has 1 saturated carbocycles. The number of amides is 1. The molecule has 1 amide bonds. The van der Waals surface area contributed by atoms with E-state index in [1.807, 2.05) is 6.07 Å². The normalized spacial score (nSPS) is 14.1. The number of carbonyl (C=O) groups is 1. The highest BCUT2D eigenvalue weighted by molar-refractivity contribution is 5.96. The number of para-hydroxylation sites is 1. The van der Waals surface area contributed by atoms with Crippen molar-refractivity contribution in [2.24, 2.45) is 0 Å². The summed E-state index contributed by atoms with van der Waals surface area (Å²) in [6.07, 6.45) is 3.73. The second-order valence-electron chi connectivity index (χ2n) is 5.95. The van der Waals surface area contributed by atoms with Crippen LogP contribution in [0.4, 0.5) is 8.78 Å². The minimum absolute atomic E-state index is 0.189. The second kappa shape index (κ2) is 7.43. The van der Waals surface area contributed by atoms with Gasteiger partial charge in [-0.15, -0.1) is 0 Å². The Bertz CT molecular complexity index is 709. The van der Waals surface area contributed by atoms with Gasteiger partial charge in [-0.25, -0.2) is 8.78 Å². The largest absolute Gasteiger partial charge is 0.490 e. The predicted octanol–water partition coefficient (Wildman–Crippen LogP) is 3.87. The molecule has 1 aliphatic rings. The zero-order valence-electron chi connectivity index (χ0n) is 13.2. The quantitative estimate of drug-likeness (QED) is 0.873. The van der Waals surface area contributed by atoms with E-state index in [-0.39, 0.29) is 12.0 Å². The summed E-state index contributed by atoms with van der Waals surface area (Å²) in [5.74, 6) is -0.899. The van der Waals surface area contributed by atoms with E-state index in [9.17, 15) is 13.6 Å². The number of ether oxygens (including phenoxy) is 1. The van der Waals surface area contributed by atoms with Crippen LogP contribution < -0.4 is 10.1 Å². The standard InChI is InChI=1S/C19H19F2NO2/c20-14-10-13(11-15(21)12-14)8-9-22-19(23)17-6-1-2-7-18(17)24-16-4-3-5-16/h1-2,6-7,10-12,16H,3-5,8-9H2,(H,22,23). The van der Waals surface area contributed by atoms with Crippen molar-refractivity contribution in [3.05, 3.63) is 65.2 Å². The molecule has 0 heterocycles. The SMILES string of the molecule is O=C(NCCc1cc(F)cc(F)c1)c1ccccc1OC1CCC1. The lowest BCUT2D eigenvalue weighted by Gasteiger charge is -2.27. The molecule has 0 spiro atoms. The van der Waals surface area contributed by atoms with Crippen molar-refractivity contribution in [1.29, 1.82) is 0 Å². The number of hydrogen-bond acceptors (Lipinski definition) is 2. The van der Waals surface area contributed by atoms with Gasteiger partial charge in [0.1, 0.15) is 17.4 Å². The number of rotatable bonds is 6. The van der Waals surface area contributed by atoms with Crippen LogP contribution in [0.15, 0.2) is 42.5 Å².